The van der Waals surface area contributed by atoms with E-state index in [4.69, 9.17) is 11.6 Å². The summed E-state index contributed by atoms with van der Waals surface area (Å²) in [7, 11) is 0. The number of nitrogens with one attached hydrogen (secondary N) is 1. The molecular formula is C9H14ClN3. The van der Waals surface area contributed by atoms with Crippen molar-refractivity contribution in [2.75, 3.05) is 11.9 Å². The lowest BCUT2D eigenvalue weighted by molar-refractivity contribution is 0.742. The van der Waals surface area contributed by atoms with Crippen molar-refractivity contribution in [2.24, 2.45) is 0 Å². The van der Waals surface area contributed by atoms with E-state index >= 15 is 0 Å². The van der Waals surface area contributed by atoms with Crippen molar-refractivity contribution in [3.8, 4) is 0 Å². The van der Waals surface area contributed by atoms with Crippen LogP contribution < -0.4 is 5.32 Å². The first-order valence-corrected chi connectivity index (χ1v) is 4.92. The normalized spacial score (nSPS) is 10.0. The molecule has 1 aromatic rings. The Hall–Kier alpha value is -0.830. The highest BCUT2D eigenvalue weighted by Crippen LogP contribution is 2.13. The van der Waals surface area contributed by atoms with Gasteiger partial charge in [-0.3, -0.25) is 0 Å². The average Bonchev–Trinajstić information content (AvgIpc) is 2.15. The summed E-state index contributed by atoms with van der Waals surface area (Å²) in [6.07, 6.45) is 6.80. The van der Waals surface area contributed by atoms with Gasteiger partial charge in [0.15, 0.2) is 11.0 Å². The maximum atomic E-state index is 5.80. The number of unbranched alkanes of at least 4 members (excludes halogenated alkanes) is 2. The molecule has 13 heavy (non-hydrogen) atoms. The van der Waals surface area contributed by atoms with Gasteiger partial charge in [0.1, 0.15) is 0 Å². The summed E-state index contributed by atoms with van der Waals surface area (Å²) in [4.78, 5) is 7.99. The molecule has 72 valence electrons. The Balaban J connectivity index is 2.32. The second-order valence-electron chi connectivity index (χ2n) is 2.83. The molecule has 0 radical (unpaired) electrons. The van der Waals surface area contributed by atoms with E-state index in [-0.39, 0.29) is 0 Å². The maximum Gasteiger partial charge on any atom is 0.171 e. The lowest BCUT2D eigenvalue weighted by Gasteiger charge is -2.04. The smallest absolute Gasteiger partial charge is 0.171 e. The molecule has 1 N–H and O–H groups in total. The van der Waals surface area contributed by atoms with E-state index < -0.39 is 0 Å². The van der Waals surface area contributed by atoms with Gasteiger partial charge in [-0.2, -0.15) is 0 Å². The highest BCUT2D eigenvalue weighted by Gasteiger charge is 1.99. The summed E-state index contributed by atoms with van der Waals surface area (Å²) in [6, 6.07) is 0. The Morgan fingerprint density at radius 3 is 2.77 bits per heavy atom. The molecule has 0 saturated heterocycles. The molecule has 0 bridgehead atoms. The van der Waals surface area contributed by atoms with E-state index in [1.807, 2.05) is 0 Å². The standard InChI is InChI=1S/C9H14ClN3/c1-2-3-4-5-12-9-8(10)11-6-7-13-9/h6-7H,2-5H2,1H3,(H,12,13). The van der Waals surface area contributed by atoms with Crippen molar-refractivity contribution in [3.05, 3.63) is 17.5 Å². The van der Waals surface area contributed by atoms with Gasteiger partial charge in [0.25, 0.3) is 0 Å². The van der Waals surface area contributed by atoms with Crippen molar-refractivity contribution in [1.29, 1.82) is 0 Å². The van der Waals surface area contributed by atoms with Crippen LogP contribution in [0.1, 0.15) is 26.2 Å². The zero-order chi connectivity index (χ0) is 9.52. The molecule has 0 aliphatic carbocycles. The van der Waals surface area contributed by atoms with E-state index in [0.29, 0.717) is 11.0 Å². The number of nitrogens with zero attached hydrogens (tertiary/aromatic N) is 2. The fourth-order valence-corrected chi connectivity index (χ4v) is 1.19. The Labute approximate surface area is 83.5 Å². The van der Waals surface area contributed by atoms with Crippen LogP contribution in [0, 0.1) is 0 Å². The predicted octanol–water partition coefficient (Wildman–Crippen LogP) is 2.73. The number of rotatable bonds is 5. The molecule has 0 aromatic carbocycles. The molecule has 0 aliphatic rings. The van der Waals surface area contributed by atoms with Gasteiger partial charge in [0.2, 0.25) is 0 Å². The molecule has 3 nitrogen and oxygen atoms in total. The van der Waals surface area contributed by atoms with Gasteiger partial charge in [-0.25, -0.2) is 9.97 Å². The molecule has 4 heteroatoms. The minimum absolute atomic E-state index is 0.444. The SMILES string of the molecule is CCCCCNc1nccnc1Cl. The first kappa shape index (κ1) is 10.3. The number of hydrogen-bond acceptors (Lipinski definition) is 3. The Bertz CT molecular complexity index is 252. The van der Waals surface area contributed by atoms with Crippen LogP contribution in [0.15, 0.2) is 12.4 Å². The van der Waals surface area contributed by atoms with Gasteiger partial charge >= 0.3 is 0 Å². The number of hydrogen-bond donors (Lipinski definition) is 1. The van der Waals surface area contributed by atoms with Crippen molar-refractivity contribution in [2.45, 2.75) is 26.2 Å². The molecule has 1 heterocycles. The molecule has 1 aromatic heterocycles. The molecule has 0 atom stereocenters. The van der Waals surface area contributed by atoms with Crippen molar-refractivity contribution >= 4 is 17.4 Å². The second kappa shape index (κ2) is 5.75. The molecular weight excluding hydrogens is 186 g/mol. The summed E-state index contributed by atoms with van der Waals surface area (Å²) in [5, 5.41) is 3.59. The van der Waals surface area contributed by atoms with Crippen LogP contribution in [0.2, 0.25) is 5.15 Å². The van der Waals surface area contributed by atoms with E-state index in [1.54, 1.807) is 12.4 Å². The van der Waals surface area contributed by atoms with Gasteiger partial charge in [-0.15, -0.1) is 0 Å². The predicted molar refractivity (Wildman–Crippen MR) is 55.1 cm³/mol. The Morgan fingerprint density at radius 2 is 2.08 bits per heavy atom. The van der Waals surface area contributed by atoms with Crippen molar-refractivity contribution in [1.82, 2.24) is 9.97 Å². The minimum Gasteiger partial charge on any atom is -0.368 e. The number of aromatic nitrogens is 2. The van der Waals surface area contributed by atoms with Crippen LogP contribution in [0.5, 0.6) is 0 Å². The first-order chi connectivity index (χ1) is 6.34. The average molecular weight is 200 g/mol. The summed E-state index contributed by atoms with van der Waals surface area (Å²) < 4.78 is 0. The van der Waals surface area contributed by atoms with E-state index in [9.17, 15) is 0 Å². The van der Waals surface area contributed by atoms with Gasteiger partial charge < -0.3 is 5.32 Å². The third-order valence-electron chi connectivity index (χ3n) is 1.73. The van der Waals surface area contributed by atoms with Crippen LogP contribution in [-0.2, 0) is 0 Å². The zero-order valence-corrected chi connectivity index (χ0v) is 8.51. The molecule has 1 rings (SSSR count). The molecule has 0 spiro atoms. The number of halogens is 1. The lowest BCUT2D eigenvalue weighted by Crippen LogP contribution is -2.04. The maximum absolute atomic E-state index is 5.80. The Kier molecular flexibility index (Phi) is 4.54. The van der Waals surface area contributed by atoms with Crippen LogP contribution in [-0.4, -0.2) is 16.5 Å². The fourth-order valence-electron chi connectivity index (χ4n) is 1.02. The summed E-state index contributed by atoms with van der Waals surface area (Å²) >= 11 is 5.80. The summed E-state index contributed by atoms with van der Waals surface area (Å²) in [5.74, 6) is 0.681. The van der Waals surface area contributed by atoms with E-state index in [2.05, 4.69) is 22.2 Å². The van der Waals surface area contributed by atoms with Gasteiger partial charge in [-0.05, 0) is 6.42 Å². The first-order valence-electron chi connectivity index (χ1n) is 4.55. The quantitative estimate of drug-likeness (QED) is 0.742. The Morgan fingerprint density at radius 1 is 1.31 bits per heavy atom. The topological polar surface area (TPSA) is 37.8 Å². The third kappa shape index (κ3) is 3.59. The fraction of sp³-hybridized carbons (Fsp3) is 0.556. The molecule has 0 amide bonds. The van der Waals surface area contributed by atoms with Crippen LogP contribution in [0.4, 0.5) is 5.82 Å². The molecule has 0 aliphatic heterocycles. The molecule has 0 unspecified atom stereocenters. The van der Waals surface area contributed by atoms with E-state index in [0.717, 1.165) is 13.0 Å². The van der Waals surface area contributed by atoms with Gasteiger partial charge in [0.05, 0.1) is 0 Å². The lowest BCUT2D eigenvalue weighted by atomic mass is 10.2. The number of anilines is 1. The van der Waals surface area contributed by atoms with Gasteiger partial charge in [0, 0.05) is 18.9 Å². The highest BCUT2D eigenvalue weighted by atomic mass is 35.5. The highest BCUT2D eigenvalue weighted by molar-refractivity contribution is 6.31. The zero-order valence-electron chi connectivity index (χ0n) is 7.76. The van der Waals surface area contributed by atoms with Crippen molar-refractivity contribution < 1.29 is 0 Å². The van der Waals surface area contributed by atoms with E-state index in [1.165, 1.54) is 12.8 Å². The summed E-state index contributed by atoms with van der Waals surface area (Å²) in [5.41, 5.74) is 0. The monoisotopic (exact) mass is 199 g/mol. The summed E-state index contributed by atoms with van der Waals surface area (Å²) in [6.45, 7) is 3.08. The van der Waals surface area contributed by atoms with Crippen LogP contribution in [0.3, 0.4) is 0 Å². The van der Waals surface area contributed by atoms with Crippen LogP contribution >= 0.6 is 11.6 Å². The molecule has 0 fully saturated rings. The minimum atomic E-state index is 0.444. The molecule has 0 saturated carbocycles. The van der Waals surface area contributed by atoms with Crippen LogP contribution in [0.25, 0.3) is 0 Å². The van der Waals surface area contributed by atoms with Gasteiger partial charge in [-0.1, -0.05) is 31.4 Å². The largest absolute Gasteiger partial charge is 0.368 e. The second-order valence-corrected chi connectivity index (χ2v) is 3.19. The van der Waals surface area contributed by atoms with Crippen molar-refractivity contribution in [3.63, 3.8) is 0 Å². The third-order valence-corrected chi connectivity index (χ3v) is 2.00.